The molecule has 0 unspecified atom stereocenters. The van der Waals surface area contributed by atoms with E-state index in [4.69, 9.17) is 0 Å². The summed E-state index contributed by atoms with van der Waals surface area (Å²) in [5, 5.41) is 2.98. The molecule has 5 nitrogen and oxygen atoms in total. The standard InChI is InChI=1S/C13H22N2O3/c1-3-4-12(17)14-11-5-7-15(8-6-11)13(18)9-10(2)16/h11H,3-9H2,1-2H3,(H,14,17). The number of carbonyl (C=O) groups excluding carboxylic acids is 3. The number of hydrogen-bond acceptors (Lipinski definition) is 3. The minimum absolute atomic E-state index is 0.00708. The third-order valence-electron chi connectivity index (χ3n) is 3.09. The monoisotopic (exact) mass is 254 g/mol. The van der Waals surface area contributed by atoms with Crippen molar-refractivity contribution in [3.05, 3.63) is 0 Å². The fraction of sp³-hybridized carbons (Fsp3) is 0.769. The quantitative estimate of drug-likeness (QED) is 0.740. The van der Waals surface area contributed by atoms with Crippen LogP contribution in [0, 0.1) is 0 Å². The zero-order valence-corrected chi connectivity index (χ0v) is 11.2. The number of nitrogens with zero attached hydrogens (tertiary/aromatic N) is 1. The van der Waals surface area contributed by atoms with Crippen LogP contribution in [0.4, 0.5) is 0 Å². The summed E-state index contributed by atoms with van der Waals surface area (Å²) < 4.78 is 0. The van der Waals surface area contributed by atoms with E-state index in [0.29, 0.717) is 19.5 Å². The molecule has 0 aromatic carbocycles. The summed E-state index contributed by atoms with van der Waals surface area (Å²) >= 11 is 0. The van der Waals surface area contributed by atoms with Crippen molar-refractivity contribution in [3.63, 3.8) is 0 Å². The molecule has 0 aromatic rings. The van der Waals surface area contributed by atoms with E-state index in [2.05, 4.69) is 5.32 Å². The summed E-state index contributed by atoms with van der Waals surface area (Å²) in [5.41, 5.74) is 0. The van der Waals surface area contributed by atoms with Crippen LogP contribution in [0.25, 0.3) is 0 Å². The van der Waals surface area contributed by atoms with Gasteiger partial charge in [0.15, 0.2) is 0 Å². The van der Waals surface area contributed by atoms with Crippen LogP contribution in [0.15, 0.2) is 0 Å². The highest BCUT2D eigenvalue weighted by Crippen LogP contribution is 2.12. The Balaban J connectivity index is 2.30. The molecule has 1 N–H and O–H groups in total. The normalized spacial score (nSPS) is 16.4. The van der Waals surface area contributed by atoms with Crippen LogP contribution in [0.2, 0.25) is 0 Å². The maximum atomic E-state index is 11.7. The summed E-state index contributed by atoms with van der Waals surface area (Å²) in [6.45, 7) is 4.66. The summed E-state index contributed by atoms with van der Waals surface area (Å²) in [7, 11) is 0. The van der Waals surface area contributed by atoms with Crippen molar-refractivity contribution in [1.29, 1.82) is 0 Å². The number of amides is 2. The van der Waals surface area contributed by atoms with Crippen LogP contribution in [0.1, 0.15) is 46.0 Å². The molecule has 1 aliphatic heterocycles. The number of ketones is 1. The molecule has 1 fully saturated rings. The van der Waals surface area contributed by atoms with E-state index in [-0.39, 0.29) is 30.1 Å². The Hall–Kier alpha value is -1.39. The summed E-state index contributed by atoms with van der Waals surface area (Å²) in [6.07, 6.45) is 2.95. The molecule has 5 heteroatoms. The molecule has 0 spiro atoms. The molecule has 1 aliphatic rings. The third-order valence-corrected chi connectivity index (χ3v) is 3.09. The lowest BCUT2D eigenvalue weighted by molar-refractivity contribution is -0.135. The molecule has 102 valence electrons. The first-order valence-electron chi connectivity index (χ1n) is 6.59. The second-order valence-corrected chi connectivity index (χ2v) is 4.85. The molecule has 18 heavy (non-hydrogen) atoms. The molecule has 1 heterocycles. The van der Waals surface area contributed by atoms with E-state index in [9.17, 15) is 14.4 Å². The Kier molecular flexibility index (Phi) is 5.82. The second-order valence-electron chi connectivity index (χ2n) is 4.85. The summed E-state index contributed by atoms with van der Waals surface area (Å²) in [6, 6.07) is 0.172. The average molecular weight is 254 g/mol. The van der Waals surface area contributed by atoms with Crippen LogP contribution in [-0.2, 0) is 14.4 Å². The van der Waals surface area contributed by atoms with Gasteiger partial charge in [0.05, 0.1) is 6.42 Å². The van der Waals surface area contributed by atoms with Crippen molar-refractivity contribution in [1.82, 2.24) is 10.2 Å². The molecule has 0 atom stereocenters. The molecule has 0 bridgehead atoms. The van der Waals surface area contributed by atoms with E-state index in [0.717, 1.165) is 19.3 Å². The van der Waals surface area contributed by atoms with Gasteiger partial charge in [0.1, 0.15) is 5.78 Å². The Labute approximate surface area is 108 Å². The van der Waals surface area contributed by atoms with Gasteiger partial charge < -0.3 is 10.2 Å². The molecule has 0 saturated carbocycles. The lowest BCUT2D eigenvalue weighted by atomic mass is 10.0. The van der Waals surface area contributed by atoms with Gasteiger partial charge in [-0.25, -0.2) is 0 Å². The third kappa shape index (κ3) is 4.85. The highest BCUT2D eigenvalue weighted by Gasteiger charge is 2.23. The van der Waals surface area contributed by atoms with Crippen molar-refractivity contribution >= 4 is 17.6 Å². The maximum absolute atomic E-state index is 11.7. The van der Waals surface area contributed by atoms with Crippen LogP contribution < -0.4 is 5.32 Å². The fourth-order valence-corrected chi connectivity index (χ4v) is 2.12. The second kappa shape index (κ2) is 7.13. The van der Waals surface area contributed by atoms with Crippen molar-refractivity contribution in [3.8, 4) is 0 Å². The van der Waals surface area contributed by atoms with Gasteiger partial charge in [-0.2, -0.15) is 0 Å². The maximum Gasteiger partial charge on any atom is 0.230 e. The topological polar surface area (TPSA) is 66.5 Å². The smallest absolute Gasteiger partial charge is 0.230 e. The van der Waals surface area contributed by atoms with Crippen molar-refractivity contribution < 1.29 is 14.4 Å². The number of hydrogen-bond donors (Lipinski definition) is 1. The van der Waals surface area contributed by atoms with E-state index in [1.807, 2.05) is 6.92 Å². The predicted molar refractivity (Wildman–Crippen MR) is 68.0 cm³/mol. The molecule has 1 rings (SSSR count). The van der Waals surface area contributed by atoms with Gasteiger partial charge in [0.2, 0.25) is 11.8 Å². The van der Waals surface area contributed by atoms with E-state index < -0.39 is 0 Å². The largest absolute Gasteiger partial charge is 0.353 e. The molecule has 0 radical (unpaired) electrons. The van der Waals surface area contributed by atoms with E-state index >= 15 is 0 Å². The van der Waals surface area contributed by atoms with Crippen molar-refractivity contribution in [2.24, 2.45) is 0 Å². The van der Waals surface area contributed by atoms with Crippen LogP contribution in [0.5, 0.6) is 0 Å². The first-order chi connectivity index (χ1) is 8.52. The number of Topliss-reactive ketones (excluding diaryl/α,β-unsaturated/α-hetero) is 1. The Bertz CT molecular complexity index is 320. The SMILES string of the molecule is CCCC(=O)NC1CCN(C(=O)CC(C)=O)CC1. The number of piperidine rings is 1. The van der Waals surface area contributed by atoms with Crippen LogP contribution in [-0.4, -0.2) is 41.6 Å². The lowest BCUT2D eigenvalue weighted by Gasteiger charge is -2.32. The zero-order chi connectivity index (χ0) is 13.5. The van der Waals surface area contributed by atoms with E-state index in [1.54, 1.807) is 4.90 Å². The fourth-order valence-electron chi connectivity index (χ4n) is 2.12. The highest BCUT2D eigenvalue weighted by atomic mass is 16.2. The van der Waals surface area contributed by atoms with Gasteiger partial charge in [-0.3, -0.25) is 14.4 Å². The Morgan fingerprint density at radius 1 is 1.22 bits per heavy atom. The lowest BCUT2D eigenvalue weighted by Crippen LogP contribution is -2.46. The van der Waals surface area contributed by atoms with E-state index in [1.165, 1.54) is 6.92 Å². The molecular weight excluding hydrogens is 232 g/mol. The summed E-state index contributed by atoms with van der Waals surface area (Å²) in [4.78, 5) is 35.7. The summed E-state index contributed by atoms with van der Waals surface area (Å²) in [5.74, 6) is -0.106. The number of carbonyl (C=O) groups is 3. The number of likely N-dealkylation sites (tertiary alicyclic amines) is 1. The van der Waals surface area contributed by atoms with Crippen LogP contribution in [0.3, 0.4) is 0 Å². The van der Waals surface area contributed by atoms with Gasteiger partial charge in [0.25, 0.3) is 0 Å². The number of rotatable bonds is 5. The van der Waals surface area contributed by atoms with Gasteiger partial charge in [-0.15, -0.1) is 0 Å². The minimum atomic E-state index is -0.0987. The van der Waals surface area contributed by atoms with Gasteiger partial charge >= 0.3 is 0 Å². The minimum Gasteiger partial charge on any atom is -0.353 e. The van der Waals surface area contributed by atoms with Gasteiger partial charge in [0, 0.05) is 25.6 Å². The van der Waals surface area contributed by atoms with Gasteiger partial charge in [-0.1, -0.05) is 6.92 Å². The molecular formula is C13H22N2O3. The number of nitrogens with one attached hydrogen (secondary N) is 1. The molecule has 0 aromatic heterocycles. The Morgan fingerprint density at radius 2 is 1.83 bits per heavy atom. The first-order valence-corrected chi connectivity index (χ1v) is 6.59. The molecule has 0 aliphatic carbocycles. The molecule has 1 saturated heterocycles. The van der Waals surface area contributed by atoms with Gasteiger partial charge in [-0.05, 0) is 26.2 Å². The van der Waals surface area contributed by atoms with Crippen molar-refractivity contribution in [2.45, 2.75) is 52.0 Å². The highest BCUT2D eigenvalue weighted by molar-refractivity contribution is 5.96. The zero-order valence-electron chi connectivity index (χ0n) is 11.2. The first kappa shape index (κ1) is 14.7. The Morgan fingerprint density at radius 3 is 2.33 bits per heavy atom. The van der Waals surface area contributed by atoms with Crippen molar-refractivity contribution in [2.75, 3.05) is 13.1 Å². The average Bonchev–Trinajstić information content (AvgIpc) is 2.29. The predicted octanol–water partition coefficient (Wildman–Crippen LogP) is 0.873. The molecule has 2 amide bonds. The van der Waals surface area contributed by atoms with Crippen LogP contribution >= 0.6 is 0 Å².